The number of benzene rings is 2. The molecule has 3 aromatic rings. The summed E-state index contributed by atoms with van der Waals surface area (Å²) in [5, 5.41) is 6.99. The molecule has 1 aromatic heterocycles. The number of rotatable bonds is 7. The molecule has 3 N–H and O–H groups in total. The third-order valence-corrected chi connectivity index (χ3v) is 3.90. The molecule has 0 aliphatic rings. The van der Waals surface area contributed by atoms with Gasteiger partial charge in [0.1, 0.15) is 5.75 Å². The fraction of sp³-hybridized carbons (Fsp3) is 0.143. The van der Waals surface area contributed by atoms with Crippen molar-refractivity contribution < 1.29 is 9.53 Å². The number of aromatic nitrogens is 2. The number of amides is 1. The first-order chi connectivity index (χ1) is 14.0. The largest absolute Gasteiger partial charge is 0.484 e. The molecular formula is C21H21N5O3. The van der Waals surface area contributed by atoms with Crippen LogP contribution >= 0.6 is 0 Å². The first-order valence-electron chi connectivity index (χ1n) is 8.96. The molecule has 8 nitrogen and oxygen atoms in total. The molecule has 0 aliphatic carbocycles. The zero-order valence-corrected chi connectivity index (χ0v) is 16.1. The minimum atomic E-state index is -0.245. The van der Waals surface area contributed by atoms with Crippen LogP contribution in [0.3, 0.4) is 0 Å². The standard InChI is InChI=1S/C21H21N5O3/c1-14-12-19(27)24-21(22-14)26-25-15(2)16-8-10-18(11-9-16)29-13-20(28)23-17-6-4-3-5-7-17/h3-12H,13H2,1-2H3,(H,23,28)(H2,22,24,26,27)/b25-15-. The highest BCUT2D eigenvalue weighted by Gasteiger charge is 2.05. The summed E-state index contributed by atoms with van der Waals surface area (Å²) in [6.07, 6.45) is 0. The van der Waals surface area contributed by atoms with E-state index >= 15 is 0 Å². The van der Waals surface area contributed by atoms with Crippen LogP contribution in [0.2, 0.25) is 0 Å². The van der Waals surface area contributed by atoms with Crippen molar-refractivity contribution in [2.24, 2.45) is 5.10 Å². The van der Waals surface area contributed by atoms with Crippen LogP contribution in [0.15, 0.2) is 70.6 Å². The molecule has 0 radical (unpaired) electrons. The van der Waals surface area contributed by atoms with Crippen molar-refractivity contribution in [3.8, 4) is 5.75 Å². The van der Waals surface area contributed by atoms with Gasteiger partial charge >= 0.3 is 0 Å². The molecule has 0 atom stereocenters. The van der Waals surface area contributed by atoms with Crippen molar-refractivity contribution >= 4 is 23.3 Å². The normalized spacial score (nSPS) is 11.0. The second kappa shape index (κ2) is 9.32. The molecular weight excluding hydrogens is 370 g/mol. The fourth-order valence-electron chi connectivity index (χ4n) is 2.49. The molecule has 0 bridgehead atoms. The van der Waals surface area contributed by atoms with Crippen molar-refractivity contribution in [3.05, 3.63) is 82.3 Å². The SMILES string of the molecule is C/C(=N/Nc1nc(C)cc(=O)[nH]1)c1ccc(OCC(=O)Nc2ccccc2)cc1. The second-order valence-electron chi connectivity index (χ2n) is 6.27. The summed E-state index contributed by atoms with van der Waals surface area (Å²) in [6.45, 7) is 3.47. The molecule has 8 heteroatoms. The maximum atomic E-state index is 11.9. The van der Waals surface area contributed by atoms with Gasteiger partial charge in [0.25, 0.3) is 11.5 Å². The molecule has 0 saturated carbocycles. The lowest BCUT2D eigenvalue weighted by molar-refractivity contribution is -0.118. The highest BCUT2D eigenvalue weighted by Crippen LogP contribution is 2.13. The zero-order chi connectivity index (χ0) is 20.6. The number of nitrogens with one attached hydrogen (secondary N) is 3. The van der Waals surface area contributed by atoms with Crippen LogP contribution in [0.25, 0.3) is 0 Å². The first kappa shape index (κ1) is 19.8. The Morgan fingerprint density at radius 1 is 1.14 bits per heavy atom. The quantitative estimate of drug-likeness (QED) is 0.424. The molecule has 0 spiro atoms. The van der Waals surface area contributed by atoms with Crippen LogP contribution in [-0.2, 0) is 4.79 Å². The van der Waals surface area contributed by atoms with Gasteiger partial charge in [0.15, 0.2) is 6.61 Å². The van der Waals surface area contributed by atoms with E-state index in [0.29, 0.717) is 17.2 Å². The van der Waals surface area contributed by atoms with Crippen molar-refractivity contribution in [1.29, 1.82) is 0 Å². The minimum absolute atomic E-state index is 0.0880. The minimum Gasteiger partial charge on any atom is -0.484 e. The molecule has 0 saturated heterocycles. The fourth-order valence-corrected chi connectivity index (χ4v) is 2.49. The third-order valence-electron chi connectivity index (χ3n) is 3.90. The number of nitrogens with zero attached hydrogens (tertiary/aromatic N) is 2. The van der Waals surface area contributed by atoms with E-state index in [1.165, 1.54) is 6.07 Å². The molecule has 0 unspecified atom stereocenters. The van der Waals surface area contributed by atoms with Crippen LogP contribution < -0.4 is 21.0 Å². The summed E-state index contributed by atoms with van der Waals surface area (Å²) in [6, 6.07) is 17.8. The van der Waals surface area contributed by atoms with Gasteiger partial charge in [0.05, 0.1) is 5.71 Å². The van der Waals surface area contributed by atoms with E-state index in [1.807, 2.05) is 49.4 Å². The first-order valence-corrected chi connectivity index (χ1v) is 8.96. The number of H-pyrrole nitrogens is 1. The van der Waals surface area contributed by atoms with Gasteiger partial charge in [-0.1, -0.05) is 18.2 Å². The molecule has 2 aromatic carbocycles. The highest BCUT2D eigenvalue weighted by atomic mass is 16.5. The van der Waals surface area contributed by atoms with Gasteiger partial charge < -0.3 is 10.1 Å². The number of hydrogen-bond acceptors (Lipinski definition) is 6. The second-order valence-corrected chi connectivity index (χ2v) is 6.27. The van der Waals surface area contributed by atoms with Crippen molar-refractivity contribution in [2.75, 3.05) is 17.3 Å². The monoisotopic (exact) mass is 391 g/mol. The molecule has 0 aliphatic heterocycles. The molecule has 1 amide bonds. The molecule has 3 rings (SSSR count). The lowest BCUT2D eigenvalue weighted by Gasteiger charge is -2.08. The average Bonchev–Trinajstić information content (AvgIpc) is 2.71. The van der Waals surface area contributed by atoms with Crippen molar-refractivity contribution in [3.63, 3.8) is 0 Å². The van der Waals surface area contributed by atoms with Crippen LogP contribution in [0.4, 0.5) is 11.6 Å². The van der Waals surface area contributed by atoms with Gasteiger partial charge in [0.2, 0.25) is 5.95 Å². The maximum Gasteiger partial charge on any atom is 0.262 e. The van der Waals surface area contributed by atoms with E-state index in [-0.39, 0.29) is 24.0 Å². The van der Waals surface area contributed by atoms with Crippen molar-refractivity contribution in [1.82, 2.24) is 9.97 Å². The number of hydrogen-bond donors (Lipinski definition) is 3. The number of hydrazone groups is 1. The van der Waals surface area contributed by atoms with E-state index in [4.69, 9.17) is 4.74 Å². The summed E-state index contributed by atoms with van der Waals surface area (Å²) in [7, 11) is 0. The Kier molecular flexibility index (Phi) is 6.36. The lowest BCUT2D eigenvalue weighted by atomic mass is 10.1. The van der Waals surface area contributed by atoms with Crippen LogP contribution in [0.1, 0.15) is 18.2 Å². The Morgan fingerprint density at radius 2 is 1.86 bits per heavy atom. The number of aryl methyl sites for hydroxylation is 1. The molecule has 0 fully saturated rings. The molecule has 148 valence electrons. The molecule has 1 heterocycles. The Labute approximate surface area is 167 Å². The van der Waals surface area contributed by atoms with Crippen LogP contribution in [-0.4, -0.2) is 28.2 Å². The Hall–Kier alpha value is -3.94. The summed E-state index contributed by atoms with van der Waals surface area (Å²) >= 11 is 0. The average molecular weight is 391 g/mol. The highest BCUT2D eigenvalue weighted by molar-refractivity contribution is 5.99. The number of carbonyl (C=O) groups is 1. The van der Waals surface area contributed by atoms with Crippen LogP contribution in [0.5, 0.6) is 5.75 Å². The van der Waals surface area contributed by atoms with E-state index in [2.05, 4.69) is 25.8 Å². The van der Waals surface area contributed by atoms with Gasteiger partial charge in [-0.3, -0.25) is 14.6 Å². The lowest BCUT2D eigenvalue weighted by Crippen LogP contribution is -2.20. The number of carbonyl (C=O) groups excluding carboxylic acids is 1. The maximum absolute atomic E-state index is 11.9. The van der Waals surface area contributed by atoms with E-state index < -0.39 is 0 Å². The van der Waals surface area contributed by atoms with E-state index in [9.17, 15) is 9.59 Å². The van der Waals surface area contributed by atoms with Gasteiger partial charge in [-0.15, -0.1) is 0 Å². The van der Waals surface area contributed by atoms with Gasteiger partial charge in [0, 0.05) is 17.4 Å². The number of aromatic amines is 1. The van der Waals surface area contributed by atoms with Gasteiger partial charge in [-0.2, -0.15) is 5.10 Å². The van der Waals surface area contributed by atoms with E-state index in [1.54, 1.807) is 19.1 Å². The third kappa shape index (κ3) is 6.03. The summed E-state index contributed by atoms with van der Waals surface area (Å²) < 4.78 is 5.51. The Bertz CT molecular complexity index is 1060. The Morgan fingerprint density at radius 3 is 2.55 bits per heavy atom. The summed E-state index contributed by atoms with van der Waals surface area (Å²) in [4.78, 5) is 30.1. The number of para-hydroxylation sites is 1. The summed E-state index contributed by atoms with van der Waals surface area (Å²) in [5.74, 6) is 0.614. The van der Waals surface area contributed by atoms with E-state index in [0.717, 1.165) is 11.3 Å². The zero-order valence-electron chi connectivity index (χ0n) is 16.1. The van der Waals surface area contributed by atoms with Gasteiger partial charge in [-0.25, -0.2) is 10.4 Å². The predicted octanol–water partition coefficient (Wildman–Crippen LogP) is 2.93. The van der Waals surface area contributed by atoms with Gasteiger partial charge in [-0.05, 0) is 55.8 Å². The number of ether oxygens (including phenoxy) is 1. The van der Waals surface area contributed by atoms with Crippen LogP contribution in [0, 0.1) is 6.92 Å². The van der Waals surface area contributed by atoms with Crippen molar-refractivity contribution in [2.45, 2.75) is 13.8 Å². The molecule has 29 heavy (non-hydrogen) atoms. The summed E-state index contributed by atoms with van der Waals surface area (Å²) in [5.41, 5.74) is 5.37. The Balaban J connectivity index is 1.54. The topological polar surface area (TPSA) is 108 Å². The predicted molar refractivity (Wildman–Crippen MR) is 112 cm³/mol. The number of anilines is 2. The smallest absolute Gasteiger partial charge is 0.262 e.